The molecule has 1 heterocycles. The highest BCUT2D eigenvalue weighted by molar-refractivity contribution is 6.31. The Morgan fingerprint density at radius 3 is 2.78 bits per heavy atom. The number of halogens is 3. The van der Waals surface area contributed by atoms with E-state index in [1.165, 1.54) is 30.6 Å². The van der Waals surface area contributed by atoms with Gasteiger partial charge in [-0.1, -0.05) is 16.8 Å². The first kappa shape index (κ1) is 15.2. The normalized spacial score (nSPS) is 11.9. The maximum absolute atomic E-state index is 14.1. The predicted molar refractivity (Wildman–Crippen MR) is 84.1 cm³/mol. The molecule has 3 N–H and O–H groups in total. The van der Waals surface area contributed by atoms with Crippen LogP contribution in [0.3, 0.4) is 0 Å². The van der Waals surface area contributed by atoms with Gasteiger partial charge in [0.15, 0.2) is 5.84 Å². The third kappa shape index (κ3) is 2.70. The summed E-state index contributed by atoms with van der Waals surface area (Å²) in [5.41, 5.74) is 1.99. The third-order valence-corrected chi connectivity index (χ3v) is 3.72. The fraction of sp³-hybridized carbons (Fsp3) is 0.0667. The molecule has 23 heavy (non-hydrogen) atoms. The summed E-state index contributed by atoms with van der Waals surface area (Å²) in [6.45, 7) is 1.60. The number of aryl methyl sites for hydroxylation is 1. The number of oxime groups is 1. The van der Waals surface area contributed by atoms with Crippen LogP contribution in [-0.2, 0) is 0 Å². The average Bonchev–Trinajstić information content (AvgIpc) is 3.02. The number of rotatable bonds is 2. The van der Waals surface area contributed by atoms with Gasteiger partial charge in [-0.05, 0) is 31.2 Å². The Morgan fingerprint density at radius 2 is 2.09 bits per heavy atom. The molecular weight excluding hydrogens is 326 g/mol. The summed E-state index contributed by atoms with van der Waals surface area (Å²) < 4.78 is 27.3. The van der Waals surface area contributed by atoms with Crippen LogP contribution in [0, 0.1) is 18.6 Å². The minimum Gasteiger partial charge on any atom is -0.409 e. The molecule has 3 aromatic rings. The van der Waals surface area contributed by atoms with Gasteiger partial charge in [-0.25, -0.2) is 13.8 Å². The Hall–Kier alpha value is -2.67. The molecule has 0 aliphatic rings. The molecule has 118 valence electrons. The van der Waals surface area contributed by atoms with Crippen LogP contribution in [0.1, 0.15) is 11.1 Å². The standard InChI is InChI=1S/C15H11ClF2N4O/c1-7-12(18)5-9(14-13(7)19-6-20-14)15(22-23)21-8-2-3-11(17)10(16)4-8/h2-6,23H,1H3,(H,19,20)(H,21,22). The smallest absolute Gasteiger partial charge is 0.179 e. The molecular formula is C15H11ClF2N4O. The van der Waals surface area contributed by atoms with Crippen LogP contribution in [-0.4, -0.2) is 21.0 Å². The van der Waals surface area contributed by atoms with E-state index in [2.05, 4.69) is 20.4 Å². The lowest BCUT2D eigenvalue weighted by Gasteiger charge is -2.11. The average molecular weight is 337 g/mol. The van der Waals surface area contributed by atoms with E-state index >= 15 is 0 Å². The summed E-state index contributed by atoms with van der Waals surface area (Å²) in [4.78, 5) is 6.94. The highest BCUT2D eigenvalue weighted by atomic mass is 35.5. The van der Waals surface area contributed by atoms with Crippen molar-refractivity contribution in [2.75, 3.05) is 5.32 Å². The third-order valence-electron chi connectivity index (χ3n) is 3.43. The van der Waals surface area contributed by atoms with E-state index in [4.69, 9.17) is 11.6 Å². The summed E-state index contributed by atoms with van der Waals surface area (Å²) in [5.74, 6) is -1.09. The van der Waals surface area contributed by atoms with Gasteiger partial charge in [-0.2, -0.15) is 0 Å². The summed E-state index contributed by atoms with van der Waals surface area (Å²) >= 11 is 5.72. The zero-order valence-corrected chi connectivity index (χ0v) is 12.6. The van der Waals surface area contributed by atoms with Gasteiger partial charge in [-0.3, -0.25) is 0 Å². The summed E-state index contributed by atoms with van der Waals surface area (Å²) in [7, 11) is 0. The Kier molecular flexibility index (Phi) is 3.87. The number of H-pyrrole nitrogens is 1. The number of imidazole rings is 1. The van der Waals surface area contributed by atoms with Crippen molar-refractivity contribution in [3.05, 3.63) is 58.4 Å². The zero-order valence-electron chi connectivity index (χ0n) is 11.9. The fourth-order valence-corrected chi connectivity index (χ4v) is 2.43. The van der Waals surface area contributed by atoms with Crippen LogP contribution in [0.2, 0.25) is 5.02 Å². The van der Waals surface area contributed by atoms with E-state index in [0.717, 1.165) is 0 Å². The van der Waals surface area contributed by atoms with E-state index in [0.29, 0.717) is 22.3 Å². The Bertz CT molecular complexity index is 923. The molecule has 0 radical (unpaired) electrons. The van der Waals surface area contributed by atoms with Crippen molar-refractivity contribution in [3.8, 4) is 0 Å². The molecule has 0 unspecified atom stereocenters. The number of benzene rings is 2. The number of nitrogens with zero attached hydrogens (tertiary/aromatic N) is 2. The molecule has 0 aliphatic heterocycles. The molecule has 0 bridgehead atoms. The number of hydrogen-bond donors (Lipinski definition) is 3. The maximum atomic E-state index is 14.1. The molecule has 1 aromatic heterocycles. The van der Waals surface area contributed by atoms with Gasteiger partial charge in [-0.15, -0.1) is 0 Å². The van der Waals surface area contributed by atoms with Crippen LogP contribution in [0.5, 0.6) is 0 Å². The fourth-order valence-electron chi connectivity index (χ4n) is 2.25. The van der Waals surface area contributed by atoms with E-state index in [1.54, 1.807) is 6.92 Å². The van der Waals surface area contributed by atoms with Crippen LogP contribution in [0.4, 0.5) is 14.5 Å². The van der Waals surface area contributed by atoms with Crippen LogP contribution in [0.15, 0.2) is 35.7 Å². The second kappa shape index (κ2) is 5.85. The lowest BCUT2D eigenvalue weighted by Crippen LogP contribution is -2.15. The lowest BCUT2D eigenvalue weighted by atomic mass is 10.1. The Balaban J connectivity index is 2.07. The van der Waals surface area contributed by atoms with E-state index in [-0.39, 0.29) is 16.4 Å². The highest BCUT2D eigenvalue weighted by Crippen LogP contribution is 2.24. The molecule has 0 saturated heterocycles. The molecule has 0 amide bonds. The summed E-state index contributed by atoms with van der Waals surface area (Å²) in [6.07, 6.45) is 1.42. The predicted octanol–water partition coefficient (Wildman–Crippen LogP) is 4.05. The SMILES string of the molecule is Cc1c(F)cc(/C(=N\O)Nc2ccc(F)c(Cl)c2)c2[nH]cnc12. The molecule has 2 aromatic carbocycles. The number of hydrogen-bond acceptors (Lipinski definition) is 3. The molecule has 0 fully saturated rings. The number of anilines is 1. The second-order valence-electron chi connectivity index (χ2n) is 4.86. The van der Waals surface area contributed by atoms with Crippen molar-refractivity contribution in [3.63, 3.8) is 0 Å². The molecule has 0 aliphatic carbocycles. The van der Waals surface area contributed by atoms with Gasteiger partial charge in [0.25, 0.3) is 0 Å². The highest BCUT2D eigenvalue weighted by Gasteiger charge is 2.16. The van der Waals surface area contributed by atoms with Crippen LogP contribution < -0.4 is 5.32 Å². The van der Waals surface area contributed by atoms with Gasteiger partial charge >= 0.3 is 0 Å². The summed E-state index contributed by atoms with van der Waals surface area (Å²) in [6, 6.07) is 5.14. The van der Waals surface area contributed by atoms with Gasteiger partial charge in [0.2, 0.25) is 0 Å². The first-order valence-electron chi connectivity index (χ1n) is 6.58. The number of amidine groups is 1. The number of aromatic nitrogens is 2. The van der Waals surface area contributed by atoms with Crippen LogP contribution in [0.25, 0.3) is 11.0 Å². The Morgan fingerprint density at radius 1 is 1.30 bits per heavy atom. The van der Waals surface area contributed by atoms with Gasteiger partial charge in [0, 0.05) is 16.8 Å². The van der Waals surface area contributed by atoms with Crippen LogP contribution >= 0.6 is 11.6 Å². The second-order valence-corrected chi connectivity index (χ2v) is 5.27. The lowest BCUT2D eigenvalue weighted by molar-refractivity contribution is 0.319. The van der Waals surface area contributed by atoms with E-state index in [9.17, 15) is 14.0 Å². The van der Waals surface area contributed by atoms with Gasteiger partial charge in [0.1, 0.15) is 11.6 Å². The first-order chi connectivity index (χ1) is 11.0. The summed E-state index contributed by atoms with van der Waals surface area (Å²) in [5, 5.41) is 15.1. The number of aromatic amines is 1. The van der Waals surface area contributed by atoms with Crippen molar-refractivity contribution >= 4 is 34.2 Å². The van der Waals surface area contributed by atoms with E-state index in [1.807, 2.05) is 0 Å². The molecule has 0 saturated carbocycles. The van der Waals surface area contributed by atoms with Crippen molar-refractivity contribution in [1.82, 2.24) is 9.97 Å². The van der Waals surface area contributed by atoms with Crippen molar-refractivity contribution in [2.24, 2.45) is 5.16 Å². The maximum Gasteiger partial charge on any atom is 0.179 e. The van der Waals surface area contributed by atoms with Crippen molar-refractivity contribution in [2.45, 2.75) is 6.92 Å². The molecule has 0 atom stereocenters. The van der Waals surface area contributed by atoms with Gasteiger partial charge < -0.3 is 15.5 Å². The topological polar surface area (TPSA) is 73.3 Å². The van der Waals surface area contributed by atoms with E-state index < -0.39 is 11.6 Å². The zero-order chi connectivity index (χ0) is 16.6. The largest absolute Gasteiger partial charge is 0.409 e. The quantitative estimate of drug-likeness (QED) is 0.286. The first-order valence-corrected chi connectivity index (χ1v) is 6.95. The minimum absolute atomic E-state index is 0.0270. The van der Waals surface area contributed by atoms with Crippen molar-refractivity contribution in [1.29, 1.82) is 0 Å². The van der Waals surface area contributed by atoms with Crippen molar-refractivity contribution < 1.29 is 14.0 Å². The molecule has 3 rings (SSSR count). The monoisotopic (exact) mass is 336 g/mol. The molecule has 8 heteroatoms. The molecule has 5 nitrogen and oxygen atoms in total. The Labute approximate surface area is 134 Å². The number of fused-ring (bicyclic) bond motifs is 1. The molecule has 0 spiro atoms. The minimum atomic E-state index is -0.572. The van der Waals surface area contributed by atoms with Gasteiger partial charge in [0.05, 0.1) is 22.4 Å². The number of nitrogens with one attached hydrogen (secondary N) is 2.